The maximum absolute atomic E-state index is 5.00. The van der Waals surface area contributed by atoms with E-state index in [4.69, 9.17) is 4.74 Å². The fraction of sp³-hybridized carbons (Fsp3) is 0.455. The Morgan fingerprint density at radius 2 is 2.13 bits per heavy atom. The summed E-state index contributed by atoms with van der Waals surface area (Å²) in [6.45, 7) is 3.74. The first-order chi connectivity index (χ1) is 7.15. The molecule has 0 saturated carbocycles. The molecule has 1 N–H and O–H groups in total. The first kappa shape index (κ1) is 13.2. The molecule has 15 heavy (non-hydrogen) atoms. The molecule has 4 heteroatoms. The highest BCUT2D eigenvalue weighted by molar-refractivity contribution is 9.11. The highest BCUT2D eigenvalue weighted by Gasteiger charge is 2.08. The van der Waals surface area contributed by atoms with Gasteiger partial charge < -0.3 is 10.1 Å². The zero-order valence-electron chi connectivity index (χ0n) is 8.89. The van der Waals surface area contributed by atoms with Gasteiger partial charge in [0.2, 0.25) is 0 Å². The fourth-order valence-electron chi connectivity index (χ4n) is 1.34. The molecule has 0 aliphatic heterocycles. The SMILES string of the molecule is COCCNC(C)c1ccc(Br)cc1Br. The Kier molecular flexibility index (Phi) is 5.82. The minimum absolute atomic E-state index is 0.322. The first-order valence-corrected chi connectivity index (χ1v) is 6.41. The van der Waals surface area contributed by atoms with E-state index < -0.39 is 0 Å². The monoisotopic (exact) mass is 335 g/mol. The molecule has 1 unspecified atom stereocenters. The van der Waals surface area contributed by atoms with Crippen LogP contribution in [0.5, 0.6) is 0 Å². The summed E-state index contributed by atoms with van der Waals surface area (Å²) >= 11 is 6.99. The standard InChI is InChI=1S/C11H15Br2NO/c1-8(14-5-6-15-2)10-4-3-9(12)7-11(10)13/h3-4,7-8,14H,5-6H2,1-2H3. The molecular weight excluding hydrogens is 322 g/mol. The summed E-state index contributed by atoms with van der Waals surface area (Å²) in [5.74, 6) is 0. The Morgan fingerprint density at radius 1 is 1.40 bits per heavy atom. The number of methoxy groups -OCH3 is 1. The number of ether oxygens (including phenoxy) is 1. The van der Waals surface area contributed by atoms with E-state index >= 15 is 0 Å². The Balaban J connectivity index is 2.61. The molecule has 0 fully saturated rings. The van der Waals surface area contributed by atoms with Gasteiger partial charge in [0.1, 0.15) is 0 Å². The summed E-state index contributed by atoms with van der Waals surface area (Å²) < 4.78 is 7.20. The lowest BCUT2D eigenvalue weighted by Crippen LogP contribution is -2.23. The molecule has 0 aromatic heterocycles. The van der Waals surface area contributed by atoms with Crippen molar-refractivity contribution in [1.29, 1.82) is 0 Å². The van der Waals surface area contributed by atoms with Gasteiger partial charge in [0.15, 0.2) is 0 Å². The van der Waals surface area contributed by atoms with Crippen LogP contribution < -0.4 is 5.32 Å². The van der Waals surface area contributed by atoms with E-state index in [0.717, 1.165) is 22.1 Å². The van der Waals surface area contributed by atoms with Crippen molar-refractivity contribution in [3.05, 3.63) is 32.7 Å². The second-order valence-electron chi connectivity index (χ2n) is 3.33. The van der Waals surface area contributed by atoms with E-state index in [1.807, 2.05) is 0 Å². The van der Waals surface area contributed by atoms with Crippen molar-refractivity contribution >= 4 is 31.9 Å². The lowest BCUT2D eigenvalue weighted by molar-refractivity contribution is 0.196. The Morgan fingerprint density at radius 3 is 2.73 bits per heavy atom. The molecule has 0 bridgehead atoms. The normalized spacial score (nSPS) is 12.8. The molecule has 0 heterocycles. The van der Waals surface area contributed by atoms with Crippen LogP contribution in [0.2, 0.25) is 0 Å². The number of nitrogens with one attached hydrogen (secondary N) is 1. The van der Waals surface area contributed by atoms with Crippen LogP contribution in [0, 0.1) is 0 Å². The number of rotatable bonds is 5. The third-order valence-corrected chi connectivity index (χ3v) is 3.37. The maximum atomic E-state index is 5.00. The van der Waals surface area contributed by atoms with Crippen LogP contribution in [0.25, 0.3) is 0 Å². The van der Waals surface area contributed by atoms with Crippen LogP contribution in [0.3, 0.4) is 0 Å². The molecule has 0 aliphatic rings. The van der Waals surface area contributed by atoms with E-state index in [9.17, 15) is 0 Å². The lowest BCUT2D eigenvalue weighted by Gasteiger charge is -2.15. The van der Waals surface area contributed by atoms with Crippen LogP contribution in [-0.2, 0) is 4.74 Å². The zero-order chi connectivity index (χ0) is 11.3. The van der Waals surface area contributed by atoms with Crippen molar-refractivity contribution in [3.8, 4) is 0 Å². The highest BCUT2D eigenvalue weighted by Crippen LogP contribution is 2.26. The molecule has 1 rings (SSSR count). The molecule has 0 saturated heterocycles. The summed E-state index contributed by atoms with van der Waals surface area (Å²) in [6, 6.07) is 6.54. The third-order valence-electron chi connectivity index (χ3n) is 2.19. The minimum Gasteiger partial charge on any atom is -0.383 e. The fourth-order valence-corrected chi connectivity index (χ4v) is 2.73. The average Bonchev–Trinajstić information content (AvgIpc) is 2.17. The van der Waals surface area contributed by atoms with Crippen LogP contribution in [0.4, 0.5) is 0 Å². The Hall–Kier alpha value is 0.1000. The molecule has 84 valence electrons. The van der Waals surface area contributed by atoms with E-state index in [1.165, 1.54) is 5.56 Å². The van der Waals surface area contributed by atoms with Crippen LogP contribution in [0.15, 0.2) is 27.1 Å². The van der Waals surface area contributed by atoms with Crippen molar-refractivity contribution < 1.29 is 4.74 Å². The number of halogens is 2. The second kappa shape index (κ2) is 6.63. The van der Waals surface area contributed by atoms with Gasteiger partial charge >= 0.3 is 0 Å². The molecular formula is C11H15Br2NO. The van der Waals surface area contributed by atoms with Gasteiger partial charge in [0.05, 0.1) is 6.61 Å². The molecule has 0 radical (unpaired) electrons. The van der Waals surface area contributed by atoms with Gasteiger partial charge in [-0.2, -0.15) is 0 Å². The molecule has 1 atom stereocenters. The summed E-state index contributed by atoms with van der Waals surface area (Å²) in [7, 11) is 1.71. The van der Waals surface area contributed by atoms with Crippen molar-refractivity contribution in [2.75, 3.05) is 20.3 Å². The molecule has 1 aromatic rings. The highest BCUT2D eigenvalue weighted by atomic mass is 79.9. The van der Waals surface area contributed by atoms with E-state index in [0.29, 0.717) is 6.04 Å². The zero-order valence-corrected chi connectivity index (χ0v) is 12.1. The quantitative estimate of drug-likeness (QED) is 0.831. The molecule has 0 amide bonds. The van der Waals surface area contributed by atoms with Crippen molar-refractivity contribution in [1.82, 2.24) is 5.32 Å². The van der Waals surface area contributed by atoms with Crippen molar-refractivity contribution in [2.45, 2.75) is 13.0 Å². The van der Waals surface area contributed by atoms with Gasteiger partial charge in [-0.05, 0) is 24.6 Å². The summed E-state index contributed by atoms with van der Waals surface area (Å²) in [5.41, 5.74) is 1.26. The van der Waals surface area contributed by atoms with Crippen LogP contribution in [-0.4, -0.2) is 20.3 Å². The molecule has 2 nitrogen and oxygen atoms in total. The predicted octanol–water partition coefficient (Wildman–Crippen LogP) is 3.51. The predicted molar refractivity (Wildman–Crippen MR) is 70.1 cm³/mol. The largest absolute Gasteiger partial charge is 0.383 e. The maximum Gasteiger partial charge on any atom is 0.0587 e. The summed E-state index contributed by atoms with van der Waals surface area (Å²) in [6.07, 6.45) is 0. The van der Waals surface area contributed by atoms with Crippen molar-refractivity contribution in [3.63, 3.8) is 0 Å². The van der Waals surface area contributed by atoms with Crippen molar-refractivity contribution in [2.24, 2.45) is 0 Å². The summed E-state index contributed by atoms with van der Waals surface area (Å²) in [4.78, 5) is 0. The van der Waals surface area contributed by atoms with E-state index in [1.54, 1.807) is 7.11 Å². The Labute approximate surface area is 108 Å². The Bertz CT molecular complexity index is 317. The van der Waals surface area contributed by atoms with Gasteiger partial charge in [0, 0.05) is 28.6 Å². The molecule has 0 spiro atoms. The number of hydrogen-bond donors (Lipinski definition) is 1. The van der Waals surface area contributed by atoms with Crippen LogP contribution in [0.1, 0.15) is 18.5 Å². The third kappa shape index (κ3) is 4.23. The molecule has 1 aromatic carbocycles. The second-order valence-corrected chi connectivity index (χ2v) is 5.10. The van der Waals surface area contributed by atoms with Gasteiger partial charge in [-0.15, -0.1) is 0 Å². The minimum atomic E-state index is 0.322. The lowest BCUT2D eigenvalue weighted by atomic mass is 10.1. The van der Waals surface area contributed by atoms with E-state index in [2.05, 4.69) is 62.3 Å². The van der Waals surface area contributed by atoms with Gasteiger partial charge in [-0.3, -0.25) is 0 Å². The number of hydrogen-bond acceptors (Lipinski definition) is 2. The topological polar surface area (TPSA) is 21.3 Å². The van der Waals surface area contributed by atoms with Crippen LogP contribution >= 0.6 is 31.9 Å². The van der Waals surface area contributed by atoms with Gasteiger partial charge in [-0.1, -0.05) is 37.9 Å². The van der Waals surface area contributed by atoms with Gasteiger partial charge in [-0.25, -0.2) is 0 Å². The summed E-state index contributed by atoms with van der Waals surface area (Å²) in [5, 5.41) is 3.39. The smallest absolute Gasteiger partial charge is 0.0587 e. The van der Waals surface area contributed by atoms with Gasteiger partial charge in [0.25, 0.3) is 0 Å². The number of benzene rings is 1. The van der Waals surface area contributed by atoms with E-state index in [-0.39, 0.29) is 0 Å². The first-order valence-electron chi connectivity index (χ1n) is 4.82. The molecule has 0 aliphatic carbocycles. The average molecular weight is 337 g/mol.